The lowest BCUT2D eigenvalue weighted by Gasteiger charge is -2.36. The van der Waals surface area contributed by atoms with Gasteiger partial charge in [-0.3, -0.25) is 9.69 Å². The molecule has 2 N–H and O–H groups in total. The quantitative estimate of drug-likeness (QED) is 0.570. The fourth-order valence-electron chi connectivity index (χ4n) is 5.26. The summed E-state index contributed by atoms with van der Waals surface area (Å²) in [5, 5.41) is 12.0. The smallest absolute Gasteiger partial charge is 0.410 e. The Hall–Kier alpha value is -3.61. The number of carbonyl (C=O) groups excluding carboxylic acids is 2. The molecular formula is C27H30N2O5. The molecule has 0 bridgehead atoms. The predicted molar refractivity (Wildman–Crippen MR) is 128 cm³/mol. The van der Waals surface area contributed by atoms with Gasteiger partial charge in [-0.1, -0.05) is 61.5 Å². The first-order valence-corrected chi connectivity index (χ1v) is 11.7. The van der Waals surface area contributed by atoms with Crippen LogP contribution in [0.4, 0.5) is 4.79 Å². The van der Waals surface area contributed by atoms with Crippen LogP contribution in [0.15, 0.2) is 61.2 Å². The van der Waals surface area contributed by atoms with E-state index in [1.54, 1.807) is 0 Å². The highest BCUT2D eigenvalue weighted by molar-refractivity contribution is 5.93. The van der Waals surface area contributed by atoms with E-state index in [1.807, 2.05) is 31.2 Å². The first kappa shape index (κ1) is 23.5. The van der Waals surface area contributed by atoms with Crippen LogP contribution in [0, 0.1) is 0 Å². The van der Waals surface area contributed by atoms with E-state index in [4.69, 9.17) is 4.74 Å². The van der Waals surface area contributed by atoms with Gasteiger partial charge in [-0.05, 0) is 47.9 Å². The minimum atomic E-state index is -1.13. The van der Waals surface area contributed by atoms with Gasteiger partial charge in [0.15, 0.2) is 0 Å². The number of hydrogen-bond acceptors (Lipinski definition) is 4. The zero-order chi connectivity index (χ0) is 24.3. The summed E-state index contributed by atoms with van der Waals surface area (Å²) in [6.45, 7) is 5.95. The van der Waals surface area contributed by atoms with E-state index in [0.29, 0.717) is 25.8 Å². The summed E-state index contributed by atoms with van der Waals surface area (Å²) in [6.07, 6.45) is 2.47. The van der Waals surface area contributed by atoms with Gasteiger partial charge < -0.3 is 15.2 Å². The molecule has 7 heteroatoms. The maximum Gasteiger partial charge on any atom is 0.410 e. The Morgan fingerprint density at radius 3 is 2.35 bits per heavy atom. The normalized spacial score (nSPS) is 19.7. The Morgan fingerprint density at radius 1 is 1.18 bits per heavy atom. The van der Waals surface area contributed by atoms with E-state index in [1.165, 1.54) is 11.0 Å². The summed E-state index contributed by atoms with van der Waals surface area (Å²) in [7, 11) is 0. The van der Waals surface area contributed by atoms with Crippen LogP contribution >= 0.6 is 0 Å². The number of likely N-dealkylation sites (tertiary alicyclic amines) is 1. The lowest BCUT2D eigenvalue weighted by Crippen LogP contribution is -2.59. The zero-order valence-corrected chi connectivity index (χ0v) is 19.3. The minimum absolute atomic E-state index is 0.0761. The predicted octanol–water partition coefficient (Wildman–Crippen LogP) is 4.33. The molecule has 2 amide bonds. The van der Waals surface area contributed by atoms with Crippen molar-refractivity contribution in [3.05, 3.63) is 72.3 Å². The number of nitrogens with zero attached hydrogens (tertiary/aromatic N) is 1. The van der Waals surface area contributed by atoms with E-state index in [0.717, 1.165) is 22.3 Å². The van der Waals surface area contributed by atoms with Gasteiger partial charge in [0.25, 0.3) is 0 Å². The van der Waals surface area contributed by atoms with Crippen molar-refractivity contribution in [2.24, 2.45) is 0 Å². The summed E-state index contributed by atoms with van der Waals surface area (Å²) >= 11 is 0. The van der Waals surface area contributed by atoms with Crippen molar-refractivity contribution in [1.82, 2.24) is 10.2 Å². The van der Waals surface area contributed by atoms with E-state index < -0.39 is 29.6 Å². The third-order valence-electron chi connectivity index (χ3n) is 7.06. The molecule has 1 fully saturated rings. The first-order chi connectivity index (χ1) is 16.4. The summed E-state index contributed by atoms with van der Waals surface area (Å²) < 4.78 is 5.81. The maximum atomic E-state index is 13.2. The number of carboxylic acids is 1. The Balaban J connectivity index is 1.51. The lowest BCUT2D eigenvalue weighted by atomic mass is 9.91. The molecule has 0 aromatic heterocycles. The Bertz CT molecular complexity index is 1070. The first-order valence-electron chi connectivity index (χ1n) is 11.7. The van der Waals surface area contributed by atoms with Gasteiger partial charge >= 0.3 is 12.1 Å². The fourth-order valence-corrected chi connectivity index (χ4v) is 5.26. The molecule has 1 heterocycles. The van der Waals surface area contributed by atoms with E-state index >= 15 is 0 Å². The zero-order valence-electron chi connectivity index (χ0n) is 19.3. The second-order valence-electron chi connectivity index (χ2n) is 8.83. The highest BCUT2D eigenvalue weighted by Gasteiger charge is 2.50. The van der Waals surface area contributed by atoms with E-state index in [-0.39, 0.29) is 18.9 Å². The summed E-state index contributed by atoms with van der Waals surface area (Å²) in [6, 6.07) is 15.1. The minimum Gasteiger partial charge on any atom is -0.480 e. The average Bonchev–Trinajstić information content (AvgIpc) is 3.42. The largest absolute Gasteiger partial charge is 0.480 e. The standard InChI is InChI=1S/C27H30N2O5/c1-3-10-23(24(30)31)28-25(32)27(4-2)15-9-16-29(27)26(33)34-17-22-20-13-7-5-11-18(20)19-12-6-8-14-21(19)22/h3,5-8,11-14,22-23H,1,4,9-10,15-17H2,2H3,(H,28,32)(H,30,31). The Kier molecular flexibility index (Phi) is 6.72. The van der Waals surface area contributed by atoms with Crippen LogP contribution in [0.3, 0.4) is 0 Å². The number of ether oxygens (including phenoxy) is 1. The third-order valence-corrected chi connectivity index (χ3v) is 7.06. The molecule has 1 aliphatic heterocycles. The molecular weight excluding hydrogens is 432 g/mol. The molecule has 0 spiro atoms. The summed E-state index contributed by atoms with van der Waals surface area (Å²) in [5.41, 5.74) is 3.39. The second kappa shape index (κ2) is 9.71. The lowest BCUT2D eigenvalue weighted by molar-refractivity contribution is -0.143. The van der Waals surface area contributed by atoms with Crippen LogP contribution in [-0.2, 0) is 14.3 Å². The molecule has 2 atom stereocenters. The van der Waals surface area contributed by atoms with Gasteiger partial charge in [-0.2, -0.15) is 0 Å². The number of nitrogens with one attached hydrogen (secondary N) is 1. The molecule has 1 aliphatic carbocycles. The number of amides is 2. The maximum absolute atomic E-state index is 13.2. The van der Waals surface area contributed by atoms with Gasteiger partial charge in [0.05, 0.1) is 0 Å². The number of carbonyl (C=O) groups is 3. The number of fused-ring (bicyclic) bond motifs is 3. The van der Waals surface area contributed by atoms with Crippen molar-refractivity contribution >= 4 is 18.0 Å². The molecule has 0 saturated carbocycles. The Morgan fingerprint density at radius 2 is 1.79 bits per heavy atom. The molecule has 7 nitrogen and oxygen atoms in total. The van der Waals surface area contributed by atoms with Crippen molar-refractivity contribution in [2.75, 3.05) is 13.2 Å². The van der Waals surface area contributed by atoms with Gasteiger partial charge in [0.2, 0.25) is 5.91 Å². The van der Waals surface area contributed by atoms with Crippen LogP contribution in [-0.4, -0.2) is 52.7 Å². The summed E-state index contributed by atoms with van der Waals surface area (Å²) in [4.78, 5) is 39.5. The fraction of sp³-hybridized carbons (Fsp3) is 0.370. The van der Waals surface area contributed by atoms with Crippen LogP contribution in [0.25, 0.3) is 11.1 Å². The second-order valence-corrected chi connectivity index (χ2v) is 8.83. The van der Waals surface area contributed by atoms with Crippen molar-refractivity contribution < 1.29 is 24.2 Å². The molecule has 34 heavy (non-hydrogen) atoms. The van der Waals surface area contributed by atoms with Crippen LogP contribution < -0.4 is 5.32 Å². The monoisotopic (exact) mass is 462 g/mol. The number of aliphatic carboxylic acids is 1. The summed E-state index contributed by atoms with van der Waals surface area (Å²) in [5.74, 6) is -1.67. The molecule has 1 saturated heterocycles. The molecule has 2 aromatic carbocycles. The SMILES string of the molecule is C=CCC(NC(=O)C1(CC)CCCN1C(=O)OCC1c2ccccc2-c2ccccc21)C(=O)O. The van der Waals surface area contributed by atoms with Crippen molar-refractivity contribution in [3.8, 4) is 11.1 Å². The van der Waals surface area contributed by atoms with Crippen LogP contribution in [0.2, 0.25) is 0 Å². The molecule has 0 radical (unpaired) electrons. The number of carboxylic acid groups (broad SMARTS) is 1. The number of hydrogen-bond donors (Lipinski definition) is 2. The Labute approximate surface area is 199 Å². The van der Waals surface area contributed by atoms with Crippen molar-refractivity contribution in [3.63, 3.8) is 0 Å². The van der Waals surface area contributed by atoms with Gasteiger partial charge in [-0.25, -0.2) is 9.59 Å². The molecule has 2 unspecified atom stereocenters. The molecule has 178 valence electrons. The van der Waals surface area contributed by atoms with Crippen molar-refractivity contribution in [2.45, 2.75) is 50.1 Å². The average molecular weight is 463 g/mol. The van der Waals surface area contributed by atoms with Gasteiger partial charge in [0.1, 0.15) is 18.2 Å². The molecule has 2 aliphatic rings. The van der Waals surface area contributed by atoms with Crippen LogP contribution in [0.1, 0.15) is 49.7 Å². The molecule has 2 aromatic rings. The van der Waals surface area contributed by atoms with Crippen molar-refractivity contribution in [1.29, 1.82) is 0 Å². The van der Waals surface area contributed by atoms with Gasteiger partial charge in [0, 0.05) is 12.5 Å². The van der Waals surface area contributed by atoms with Crippen LogP contribution in [0.5, 0.6) is 0 Å². The molecule has 4 rings (SSSR count). The van der Waals surface area contributed by atoms with Gasteiger partial charge in [-0.15, -0.1) is 6.58 Å². The van der Waals surface area contributed by atoms with E-state index in [2.05, 4.69) is 36.2 Å². The third kappa shape index (κ3) is 4.06. The highest BCUT2D eigenvalue weighted by atomic mass is 16.6. The van der Waals surface area contributed by atoms with E-state index in [9.17, 15) is 19.5 Å². The number of rotatable bonds is 8. The highest BCUT2D eigenvalue weighted by Crippen LogP contribution is 2.44. The topological polar surface area (TPSA) is 95.9 Å². The number of benzene rings is 2.